The molecule has 0 aliphatic rings. The number of sulfonamides is 1. The second-order valence-electron chi connectivity index (χ2n) is 4.74. The minimum Gasteiger partial charge on any atom is -0.381 e. The molecule has 0 fully saturated rings. The van der Waals surface area contributed by atoms with Crippen LogP contribution in [0.4, 0.5) is 5.82 Å². The Morgan fingerprint density at radius 1 is 1.43 bits per heavy atom. The fraction of sp³-hybridized carbons (Fsp3) is 0.385. The summed E-state index contributed by atoms with van der Waals surface area (Å²) in [7, 11) is -3.73. The molecule has 7 nitrogen and oxygen atoms in total. The lowest BCUT2D eigenvalue weighted by molar-refractivity contribution is 0.563. The molecular formula is C13H19N5O2S. The van der Waals surface area contributed by atoms with Crippen LogP contribution in [0.2, 0.25) is 0 Å². The van der Waals surface area contributed by atoms with Crippen molar-refractivity contribution >= 4 is 15.8 Å². The summed E-state index contributed by atoms with van der Waals surface area (Å²) in [5.41, 5.74) is 6.34. The highest BCUT2D eigenvalue weighted by Gasteiger charge is 2.24. The van der Waals surface area contributed by atoms with Gasteiger partial charge < -0.3 is 5.73 Å². The second kappa shape index (κ2) is 6.23. The molecule has 21 heavy (non-hydrogen) atoms. The van der Waals surface area contributed by atoms with E-state index in [9.17, 15) is 8.42 Å². The van der Waals surface area contributed by atoms with E-state index in [1.54, 1.807) is 31.3 Å². The molecule has 0 saturated heterocycles. The van der Waals surface area contributed by atoms with Gasteiger partial charge in [0.1, 0.15) is 4.90 Å². The first-order chi connectivity index (χ1) is 9.94. The lowest BCUT2D eigenvalue weighted by Crippen LogP contribution is -2.27. The number of nitrogen functional groups attached to an aromatic ring is 1. The number of nitrogens with two attached hydrogens (primary N) is 1. The summed E-state index contributed by atoms with van der Waals surface area (Å²) in [5.74, 6) is 0.00386. The molecule has 2 rings (SSSR count). The highest BCUT2D eigenvalue weighted by atomic mass is 32.2. The molecule has 1 atom stereocenters. The molecule has 1 unspecified atom stereocenters. The normalized spacial score (nSPS) is 13.2. The number of hydrogen-bond donors (Lipinski definition) is 2. The van der Waals surface area contributed by atoms with Crippen LogP contribution in [0.15, 0.2) is 35.5 Å². The third-order valence-corrected chi connectivity index (χ3v) is 4.52. The third kappa shape index (κ3) is 3.59. The number of nitrogens with one attached hydrogen (secondary N) is 1. The van der Waals surface area contributed by atoms with E-state index in [1.165, 1.54) is 10.9 Å². The van der Waals surface area contributed by atoms with Gasteiger partial charge in [-0.2, -0.15) is 5.10 Å². The maximum absolute atomic E-state index is 12.4. The number of hydrogen-bond acceptors (Lipinski definition) is 5. The summed E-state index contributed by atoms with van der Waals surface area (Å²) in [6.45, 7) is 4.33. The van der Waals surface area contributed by atoms with E-state index in [4.69, 9.17) is 5.73 Å². The zero-order chi connectivity index (χ0) is 15.5. The smallest absolute Gasteiger partial charge is 0.246 e. The van der Waals surface area contributed by atoms with Crippen LogP contribution in [0.25, 0.3) is 0 Å². The van der Waals surface area contributed by atoms with Crippen LogP contribution in [0, 0.1) is 0 Å². The number of nitrogens with zero attached hydrogens (tertiary/aromatic N) is 3. The van der Waals surface area contributed by atoms with Crippen LogP contribution in [-0.2, 0) is 16.6 Å². The van der Waals surface area contributed by atoms with Crippen molar-refractivity contribution in [2.45, 2.75) is 37.8 Å². The lowest BCUT2D eigenvalue weighted by atomic mass is 10.2. The second-order valence-corrected chi connectivity index (χ2v) is 6.42. The van der Waals surface area contributed by atoms with E-state index in [0.717, 1.165) is 6.42 Å². The van der Waals surface area contributed by atoms with Gasteiger partial charge >= 0.3 is 0 Å². The van der Waals surface area contributed by atoms with Gasteiger partial charge in [0.15, 0.2) is 5.82 Å². The zero-order valence-corrected chi connectivity index (χ0v) is 12.8. The van der Waals surface area contributed by atoms with Crippen molar-refractivity contribution in [1.82, 2.24) is 19.5 Å². The Kier molecular flexibility index (Phi) is 4.59. The van der Waals surface area contributed by atoms with Gasteiger partial charge in [-0.15, -0.1) is 0 Å². The minimum atomic E-state index is -3.73. The van der Waals surface area contributed by atoms with Gasteiger partial charge in [0, 0.05) is 18.9 Å². The van der Waals surface area contributed by atoms with Crippen LogP contribution in [-0.4, -0.2) is 23.2 Å². The molecule has 0 aromatic carbocycles. The van der Waals surface area contributed by atoms with Gasteiger partial charge in [-0.1, -0.05) is 13.0 Å². The van der Waals surface area contributed by atoms with Crippen molar-refractivity contribution < 1.29 is 8.42 Å². The van der Waals surface area contributed by atoms with Crippen LogP contribution < -0.4 is 10.5 Å². The topological polar surface area (TPSA) is 103 Å². The van der Waals surface area contributed by atoms with E-state index >= 15 is 0 Å². The summed E-state index contributed by atoms with van der Waals surface area (Å²) < 4.78 is 28.9. The fourth-order valence-electron chi connectivity index (χ4n) is 1.96. The van der Waals surface area contributed by atoms with Crippen LogP contribution in [0.3, 0.4) is 0 Å². The lowest BCUT2D eigenvalue weighted by Gasteiger charge is -2.12. The number of aryl methyl sites for hydroxylation is 1. The number of pyridine rings is 1. The van der Waals surface area contributed by atoms with E-state index in [0.29, 0.717) is 12.2 Å². The largest absolute Gasteiger partial charge is 0.381 e. The van der Waals surface area contributed by atoms with Gasteiger partial charge in [-0.3, -0.25) is 9.67 Å². The van der Waals surface area contributed by atoms with Crippen molar-refractivity contribution in [2.24, 2.45) is 0 Å². The number of aromatic nitrogens is 3. The summed E-state index contributed by atoms with van der Waals surface area (Å²) in [5, 5.41) is 4.01. The summed E-state index contributed by atoms with van der Waals surface area (Å²) in [6, 6.07) is 4.89. The van der Waals surface area contributed by atoms with Gasteiger partial charge in [0.2, 0.25) is 10.0 Å². The average Bonchev–Trinajstić information content (AvgIpc) is 2.81. The Labute approximate surface area is 124 Å². The van der Waals surface area contributed by atoms with Gasteiger partial charge in [-0.25, -0.2) is 13.1 Å². The van der Waals surface area contributed by atoms with Crippen LogP contribution in [0.5, 0.6) is 0 Å². The van der Waals surface area contributed by atoms with Gasteiger partial charge in [-0.05, 0) is 25.5 Å². The molecule has 3 N–H and O–H groups in total. The Hall–Kier alpha value is -1.93. The monoisotopic (exact) mass is 309 g/mol. The first-order valence-corrected chi connectivity index (χ1v) is 8.18. The summed E-state index contributed by atoms with van der Waals surface area (Å²) in [6.07, 6.45) is 3.92. The van der Waals surface area contributed by atoms with E-state index in [-0.39, 0.29) is 10.7 Å². The molecule has 2 heterocycles. The molecule has 2 aromatic rings. The maximum atomic E-state index is 12.4. The molecule has 0 amide bonds. The quantitative estimate of drug-likeness (QED) is 0.837. The van der Waals surface area contributed by atoms with Crippen molar-refractivity contribution in [1.29, 1.82) is 0 Å². The Balaban J connectivity index is 2.22. The van der Waals surface area contributed by atoms with Crippen LogP contribution in [0.1, 0.15) is 32.0 Å². The summed E-state index contributed by atoms with van der Waals surface area (Å²) >= 11 is 0. The average molecular weight is 309 g/mol. The standard InChI is InChI=1S/C13H19N5O2S/c1-3-8-18-9-12(13(14)16-18)21(19,20)17-10(2)11-6-4-5-7-15-11/h4-7,9-10,17H,3,8H2,1-2H3,(H2,14,16). The molecule has 0 aliphatic heterocycles. The molecule has 2 aromatic heterocycles. The van der Waals surface area contributed by atoms with E-state index in [1.807, 2.05) is 6.92 Å². The van der Waals surface area contributed by atoms with Gasteiger partial charge in [0.05, 0.1) is 11.7 Å². The predicted molar refractivity (Wildman–Crippen MR) is 79.9 cm³/mol. The molecule has 0 bridgehead atoms. The fourth-order valence-corrected chi connectivity index (χ4v) is 3.25. The van der Waals surface area contributed by atoms with Crippen LogP contribution >= 0.6 is 0 Å². The predicted octanol–water partition coefficient (Wildman–Crippen LogP) is 1.31. The Bertz CT molecular complexity index is 697. The molecule has 0 radical (unpaired) electrons. The van der Waals surface area contributed by atoms with Crippen molar-refractivity contribution in [3.8, 4) is 0 Å². The van der Waals surface area contributed by atoms with Crippen molar-refractivity contribution in [3.05, 3.63) is 36.3 Å². The summed E-state index contributed by atoms with van der Waals surface area (Å²) in [4.78, 5) is 4.13. The first-order valence-electron chi connectivity index (χ1n) is 6.70. The maximum Gasteiger partial charge on any atom is 0.246 e. The molecular weight excluding hydrogens is 290 g/mol. The molecule has 8 heteroatoms. The molecule has 0 aliphatic carbocycles. The molecule has 0 saturated carbocycles. The van der Waals surface area contributed by atoms with Crippen molar-refractivity contribution in [3.63, 3.8) is 0 Å². The number of rotatable bonds is 6. The molecule has 0 spiro atoms. The van der Waals surface area contributed by atoms with Crippen molar-refractivity contribution in [2.75, 3.05) is 5.73 Å². The van der Waals surface area contributed by atoms with Gasteiger partial charge in [0.25, 0.3) is 0 Å². The van der Waals surface area contributed by atoms with E-state index in [2.05, 4.69) is 14.8 Å². The minimum absolute atomic E-state index is 0.00117. The SMILES string of the molecule is CCCn1cc(S(=O)(=O)NC(C)c2ccccn2)c(N)n1. The number of anilines is 1. The first kappa shape index (κ1) is 15.5. The zero-order valence-electron chi connectivity index (χ0n) is 12.0. The Morgan fingerprint density at radius 2 is 2.19 bits per heavy atom. The highest BCUT2D eigenvalue weighted by Crippen LogP contribution is 2.19. The third-order valence-electron chi connectivity index (χ3n) is 2.96. The Morgan fingerprint density at radius 3 is 2.81 bits per heavy atom. The van der Waals surface area contributed by atoms with E-state index < -0.39 is 16.1 Å². The molecule has 114 valence electrons. The highest BCUT2D eigenvalue weighted by molar-refractivity contribution is 7.89.